The van der Waals surface area contributed by atoms with Crippen molar-refractivity contribution in [3.63, 3.8) is 0 Å². The van der Waals surface area contributed by atoms with Gasteiger partial charge in [0.1, 0.15) is 5.69 Å². The number of hydrogen-bond donors (Lipinski definition) is 2. The van der Waals surface area contributed by atoms with E-state index in [0.717, 1.165) is 0 Å². The quantitative estimate of drug-likeness (QED) is 0.239. The second-order valence-electron chi connectivity index (χ2n) is 6.93. The van der Waals surface area contributed by atoms with Gasteiger partial charge in [0.2, 0.25) is 0 Å². The molecule has 0 fully saturated rings. The number of carbonyl (C=O) groups excluding carboxylic acids is 2. The summed E-state index contributed by atoms with van der Waals surface area (Å²) in [6, 6.07) is 17.8. The third-order valence-electron chi connectivity index (χ3n) is 4.88. The lowest BCUT2D eigenvalue weighted by Crippen LogP contribution is -2.12. The third kappa shape index (κ3) is 4.17. The van der Waals surface area contributed by atoms with Gasteiger partial charge in [0.05, 0.1) is 23.1 Å². The number of hydrogen-bond acceptors (Lipinski definition) is 5. The number of H-pyrrole nitrogens is 1. The van der Waals surface area contributed by atoms with E-state index in [0.29, 0.717) is 38.3 Å². The van der Waals surface area contributed by atoms with Crippen molar-refractivity contribution in [3.05, 3.63) is 93.1 Å². The minimum atomic E-state index is -0.494. The Morgan fingerprint density at radius 1 is 1.06 bits per heavy atom. The normalized spacial score (nSPS) is 10.7. The zero-order chi connectivity index (χ0) is 22.8. The first-order chi connectivity index (χ1) is 15.4. The number of non-ortho nitro benzene ring substituents is 1. The van der Waals surface area contributed by atoms with Crippen molar-refractivity contribution in [2.24, 2.45) is 0 Å². The number of rotatable bonds is 5. The van der Waals surface area contributed by atoms with Gasteiger partial charge in [-0.15, -0.1) is 0 Å². The molecule has 0 aliphatic carbocycles. The molecule has 1 heterocycles. The first-order valence-corrected chi connectivity index (χ1v) is 9.80. The summed E-state index contributed by atoms with van der Waals surface area (Å²) in [6.45, 7) is 0. The summed E-state index contributed by atoms with van der Waals surface area (Å²) in [5, 5.41) is 14.9. The van der Waals surface area contributed by atoms with Gasteiger partial charge in [0, 0.05) is 33.8 Å². The molecule has 2 N–H and O–H groups in total. The zero-order valence-electron chi connectivity index (χ0n) is 16.7. The molecule has 0 aliphatic rings. The van der Waals surface area contributed by atoms with Crippen LogP contribution in [0.5, 0.6) is 0 Å². The molecular weight excluding hydrogens is 434 g/mol. The summed E-state index contributed by atoms with van der Waals surface area (Å²) in [7, 11) is 1.30. The van der Waals surface area contributed by atoms with E-state index < -0.39 is 16.8 Å². The number of anilines is 1. The highest BCUT2D eigenvalue weighted by Crippen LogP contribution is 2.31. The molecule has 9 heteroatoms. The van der Waals surface area contributed by atoms with Gasteiger partial charge < -0.3 is 15.0 Å². The zero-order valence-corrected chi connectivity index (χ0v) is 17.5. The van der Waals surface area contributed by atoms with Gasteiger partial charge in [-0.25, -0.2) is 4.79 Å². The van der Waals surface area contributed by atoms with Crippen LogP contribution >= 0.6 is 11.6 Å². The first kappa shape index (κ1) is 21.1. The molecule has 0 spiro atoms. The topological polar surface area (TPSA) is 114 Å². The van der Waals surface area contributed by atoms with E-state index >= 15 is 0 Å². The molecule has 0 radical (unpaired) electrons. The fourth-order valence-corrected chi connectivity index (χ4v) is 3.53. The van der Waals surface area contributed by atoms with Crippen molar-refractivity contribution in [1.82, 2.24) is 4.98 Å². The highest BCUT2D eigenvalue weighted by Gasteiger charge is 2.14. The lowest BCUT2D eigenvalue weighted by atomic mass is 10.0. The first-order valence-electron chi connectivity index (χ1n) is 9.42. The Kier molecular flexibility index (Phi) is 5.61. The SMILES string of the molecule is COC(=O)c1ccc(Cl)c(-c2cccc(NC(=O)c3cc4ccc([N+](=O)[O-])cc4[nH]3)c2)c1. The van der Waals surface area contributed by atoms with Crippen LogP contribution in [-0.2, 0) is 4.74 Å². The van der Waals surface area contributed by atoms with E-state index in [4.69, 9.17) is 16.3 Å². The maximum Gasteiger partial charge on any atom is 0.337 e. The van der Waals surface area contributed by atoms with E-state index in [1.165, 1.54) is 19.2 Å². The van der Waals surface area contributed by atoms with E-state index in [1.807, 2.05) is 0 Å². The predicted octanol–water partition coefficient (Wildman–Crippen LogP) is 5.44. The Labute approximate surface area is 186 Å². The van der Waals surface area contributed by atoms with Gasteiger partial charge in [-0.1, -0.05) is 23.7 Å². The van der Waals surface area contributed by atoms with Crippen LogP contribution in [0, 0.1) is 10.1 Å². The van der Waals surface area contributed by atoms with Gasteiger partial charge >= 0.3 is 5.97 Å². The van der Waals surface area contributed by atoms with E-state index in [-0.39, 0.29) is 11.4 Å². The molecule has 32 heavy (non-hydrogen) atoms. The summed E-state index contributed by atoms with van der Waals surface area (Å²) in [6.07, 6.45) is 0. The van der Waals surface area contributed by atoms with Crippen molar-refractivity contribution in [1.29, 1.82) is 0 Å². The molecule has 0 saturated carbocycles. The number of nitrogens with one attached hydrogen (secondary N) is 2. The number of esters is 1. The summed E-state index contributed by atoms with van der Waals surface area (Å²) in [5.74, 6) is -0.887. The fourth-order valence-electron chi connectivity index (χ4n) is 3.31. The monoisotopic (exact) mass is 449 g/mol. The predicted molar refractivity (Wildman–Crippen MR) is 121 cm³/mol. The molecule has 8 nitrogen and oxygen atoms in total. The number of ether oxygens (including phenoxy) is 1. The average molecular weight is 450 g/mol. The van der Waals surface area contributed by atoms with E-state index in [2.05, 4.69) is 10.3 Å². The van der Waals surface area contributed by atoms with Gasteiger partial charge in [-0.2, -0.15) is 0 Å². The standard InChI is InChI=1S/C23H16ClN3O5/c1-32-23(29)15-6-8-19(24)18(10-15)13-3-2-4-16(9-13)25-22(28)21-11-14-5-7-17(27(30)31)12-20(14)26-21/h2-12,26H,1H3,(H,25,28). The maximum absolute atomic E-state index is 12.7. The largest absolute Gasteiger partial charge is 0.465 e. The molecule has 0 atom stereocenters. The molecule has 3 aromatic carbocycles. The number of aromatic nitrogens is 1. The summed E-state index contributed by atoms with van der Waals surface area (Å²) < 4.78 is 4.76. The van der Waals surface area contributed by atoms with Crippen LogP contribution < -0.4 is 5.32 Å². The van der Waals surface area contributed by atoms with Crippen molar-refractivity contribution < 1.29 is 19.2 Å². The molecular formula is C23H16ClN3O5. The molecule has 0 bridgehead atoms. The van der Waals surface area contributed by atoms with Crippen LogP contribution in [-0.4, -0.2) is 28.9 Å². The lowest BCUT2D eigenvalue weighted by molar-refractivity contribution is -0.384. The number of methoxy groups -OCH3 is 1. The van der Waals surface area contributed by atoms with Crippen LogP contribution in [0.3, 0.4) is 0 Å². The van der Waals surface area contributed by atoms with Gasteiger partial charge in [0.25, 0.3) is 11.6 Å². The molecule has 0 aliphatic heterocycles. The highest BCUT2D eigenvalue weighted by atomic mass is 35.5. The summed E-state index contributed by atoms with van der Waals surface area (Å²) >= 11 is 6.32. The third-order valence-corrected chi connectivity index (χ3v) is 5.21. The molecule has 4 rings (SSSR count). The van der Waals surface area contributed by atoms with Gasteiger partial charge in [0.15, 0.2) is 0 Å². The van der Waals surface area contributed by atoms with Crippen molar-refractivity contribution >= 4 is 45.8 Å². The average Bonchev–Trinajstić information content (AvgIpc) is 3.22. The Balaban J connectivity index is 1.61. The second-order valence-corrected chi connectivity index (χ2v) is 7.34. The highest BCUT2D eigenvalue weighted by molar-refractivity contribution is 6.33. The van der Waals surface area contributed by atoms with Crippen LogP contribution in [0.25, 0.3) is 22.0 Å². The number of nitro groups is 1. The van der Waals surface area contributed by atoms with Gasteiger partial charge in [-0.05, 0) is 48.0 Å². The van der Waals surface area contributed by atoms with E-state index in [9.17, 15) is 19.7 Å². The minimum Gasteiger partial charge on any atom is -0.465 e. The molecule has 160 valence electrons. The Morgan fingerprint density at radius 3 is 2.62 bits per heavy atom. The minimum absolute atomic E-state index is 0.0647. The van der Waals surface area contributed by atoms with E-state index in [1.54, 1.807) is 54.6 Å². The lowest BCUT2D eigenvalue weighted by Gasteiger charge is -2.10. The van der Waals surface area contributed by atoms with Crippen LogP contribution in [0.15, 0.2) is 66.7 Å². The number of aromatic amines is 1. The van der Waals surface area contributed by atoms with Crippen molar-refractivity contribution in [3.8, 4) is 11.1 Å². The van der Waals surface area contributed by atoms with Gasteiger partial charge in [-0.3, -0.25) is 14.9 Å². The summed E-state index contributed by atoms with van der Waals surface area (Å²) in [4.78, 5) is 37.9. The number of halogens is 1. The Bertz CT molecular complexity index is 1380. The second kappa shape index (κ2) is 8.52. The number of fused-ring (bicyclic) bond motifs is 1. The van der Waals surface area contributed by atoms with Crippen LogP contribution in [0.1, 0.15) is 20.8 Å². The Hall–Kier alpha value is -4.17. The molecule has 1 aromatic heterocycles. The fraction of sp³-hybridized carbons (Fsp3) is 0.0435. The van der Waals surface area contributed by atoms with Crippen molar-refractivity contribution in [2.75, 3.05) is 12.4 Å². The van der Waals surface area contributed by atoms with Crippen LogP contribution in [0.4, 0.5) is 11.4 Å². The number of benzene rings is 3. The van der Waals surface area contributed by atoms with Crippen molar-refractivity contribution in [2.45, 2.75) is 0 Å². The number of nitro benzene ring substituents is 1. The number of amides is 1. The molecule has 0 saturated heterocycles. The maximum atomic E-state index is 12.7. The van der Waals surface area contributed by atoms with Crippen LogP contribution in [0.2, 0.25) is 5.02 Å². The smallest absolute Gasteiger partial charge is 0.337 e. The molecule has 0 unspecified atom stereocenters. The Morgan fingerprint density at radius 2 is 1.88 bits per heavy atom. The summed E-state index contributed by atoms with van der Waals surface area (Å²) in [5.41, 5.74) is 2.87. The molecule has 4 aromatic rings. The number of carbonyl (C=O) groups is 2. The molecule has 1 amide bonds. The number of nitrogens with zero attached hydrogens (tertiary/aromatic N) is 1.